The molecule has 0 unspecified atom stereocenters. The van der Waals surface area contributed by atoms with E-state index in [1.54, 1.807) is 0 Å². The van der Waals surface area contributed by atoms with Crippen LogP contribution in [-0.2, 0) is 9.53 Å². The van der Waals surface area contributed by atoms with E-state index in [2.05, 4.69) is 11.6 Å². The Morgan fingerprint density at radius 3 is 2.85 bits per heavy atom. The maximum Gasteiger partial charge on any atom is 0.229 e. The van der Waals surface area contributed by atoms with E-state index < -0.39 is 0 Å². The molecule has 1 N–H and O–H groups in total. The summed E-state index contributed by atoms with van der Waals surface area (Å²) in [7, 11) is 0. The second-order valence-electron chi connectivity index (χ2n) is 3.68. The molecule has 13 heavy (non-hydrogen) atoms. The molecule has 1 saturated heterocycles. The van der Waals surface area contributed by atoms with Crippen LogP contribution in [0.15, 0.2) is 0 Å². The van der Waals surface area contributed by atoms with Crippen LogP contribution in [0.4, 0.5) is 0 Å². The van der Waals surface area contributed by atoms with Crippen molar-refractivity contribution in [2.75, 3.05) is 12.9 Å². The SMILES string of the molecule is CSNC(=O)CCCC[C@]1(C)CO1. The van der Waals surface area contributed by atoms with E-state index >= 15 is 0 Å². The molecule has 0 radical (unpaired) electrons. The Bertz CT molecular complexity index is 180. The minimum Gasteiger partial charge on any atom is -0.370 e. The first-order chi connectivity index (χ1) is 6.16. The van der Waals surface area contributed by atoms with Crippen LogP contribution in [0.25, 0.3) is 0 Å². The number of unbranched alkanes of at least 4 members (excludes halogenated alkanes) is 1. The van der Waals surface area contributed by atoms with Crippen molar-refractivity contribution in [1.29, 1.82) is 0 Å². The first-order valence-electron chi connectivity index (χ1n) is 4.62. The molecule has 0 aromatic carbocycles. The summed E-state index contributed by atoms with van der Waals surface area (Å²) in [6.45, 7) is 3.01. The maximum absolute atomic E-state index is 11.0. The molecule has 0 aromatic heterocycles. The highest BCUT2D eigenvalue weighted by atomic mass is 32.2. The summed E-state index contributed by atoms with van der Waals surface area (Å²) in [4.78, 5) is 11.0. The number of amides is 1. The second-order valence-corrected chi connectivity index (χ2v) is 4.29. The van der Waals surface area contributed by atoms with E-state index in [0.29, 0.717) is 6.42 Å². The quantitative estimate of drug-likeness (QED) is 0.406. The Kier molecular flexibility index (Phi) is 4.06. The number of nitrogens with one attached hydrogen (secondary N) is 1. The van der Waals surface area contributed by atoms with Gasteiger partial charge in [0.15, 0.2) is 0 Å². The molecule has 1 heterocycles. The molecule has 1 rings (SSSR count). The summed E-state index contributed by atoms with van der Waals surface area (Å²) in [6.07, 6.45) is 5.62. The van der Waals surface area contributed by atoms with Crippen LogP contribution in [0.3, 0.4) is 0 Å². The van der Waals surface area contributed by atoms with Crippen LogP contribution < -0.4 is 4.72 Å². The van der Waals surface area contributed by atoms with Gasteiger partial charge in [0, 0.05) is 12.7 Å². The maximum atomic E-state index is 11.0. The summed E-state index contributed by atoms with van der Waals surface area (Å²) in [6, 6.07) is 0. The van der Waals surface area contributed by atoms with Crippen molar-refractivity contribution in [1.82, 2.24) is 4.72 Å². The molecule has 4 heteroatoms. The zero-order valence-electron chi connectivity index (χ0n) is 8.26. The summed E-state index contributed by atoms with van der Waals surface area (Å²) >= 11 is 1.36. The lowest BCUT2D eigenvalue weighted by Crippen LogP contribution is -2.14. The fourth-order valence-corrected chi connectivity index (χ4v) is 1.55. The number of ether oxygens (including phenoxy) is 1. The Balaban J connectivity index is 1.91. The van der Waals surface area contributed by atoms with Gasteiger partial charge in [-0.05, 0) is 26.2 Å². The minimum absolute atomic E-state index is 0.134. The zero-order valence-corrected chi connectivity index (χ0v) is 9.08. The molecular formula is C9H17NO2S. The van der Waals surface area contributed by atoms with Crippen LogP contribution in [0.5, 0.6) is 0 Å². The second kappa shape index (κ2) is 4.86. The van der Waals surface area contributed by atoms with Gasteiger partial charge in [-0.2, -0.15) is 0 Å². The average molecular weight is 203 g/mol. The largest absolute Gasteiger partial charge is 0.370 e. The van der Waals surface area contributed by atoms with Crippen LogP contribution in [0.1, 0.15) is 32.6 Å². The van der Waals surface area contributed by atoms with E-state index in [4.69, 9.17) is 4.74 Å². The summed E-state index contributed by atoms with van der Waals surface area (Å²) in [5.74, 6) is 0.134. The first-order valence-corrected chi connectivity index (χ1v) is 5.84. The monoisotopic (exact) mass is 203 g/mol. The third-order valence-corrected chi connectivity index (χ3v) is 2.64. The molecule has 1 fully saturated rings. The highest BCUT2D eigenvalue weighted by molar-refractivity contribution is 7.97. The number of epoxide rings is 1. The van der Waals surface area contributed by atoms with Crippen LogP contribution >= 0.6 is 11.9 Å². The lowest BCUT2D eigenvalue weighted by atomic mass is 10.0. The van der Waals surface area contributed by atoms with Gasteiger partial charge in [-0.3, -0.25) is 4.79 Å². The first kappa shape index (κ1) is 10.9. The Morgan fingerprint density at radius 1 is 1.62 bits per heavy atom. The Hall–Kier alpha value is -0.220. The van der Waals surface area contributed by atoms with Gasteiger partial charge in [-0.15, -0.1) is 0 Å². The van der Waals surface area contributed by atoms with E-state index in [-0.39, 0.29) is 11.5 Å². The third-order valence-electron chi connectivity index (χ3n) is 2.21. The van der Waals surface area contributed by atoms with Crippen molar-refractivity contribution >= 4 is 17.9 Å². The number of hydrogen-bond donors (Lipinski definition) is 1. The van der Waals surface area contributed by atoms with Crippen LogP contribution in [-0.4, -0.2) is 24.4 Å². The summed E-state index contributed by atoms with van der Waals surface area (Å²) in [5.41, 5.74) is 0.149. The highest BCUT2D eigenvalue weighted by Crippen LogP contribution is 2.31. The van der Waals surface area contributed by atoms with Gasteiger partial charge in [-0.25, -0.2) is 0 Å². The fourth-order valence-electron chi connectivity index (χ4n) is 1.22. The average Bonchev–Trinajstić information content (AvgIpc) is 2.79. The number of hydrogen-bond acceptors (Lipinski definition) is 3. The van der Waals surface area contributed by atoms with Crippen molar-refractivity contribution < 1.29 is 9.53 Å². The van der Waals surface area contributed by atoms with E-state index in [0.717, 1.165) is 25.9 Å². The highest BCUT2D eigenvalue weighted by Gasteiger charge is 2.37. The van der Waals surface area contributed by atoms with Crippen molar-refractivity contribution in [3.8, 4) is 0 Å². The fraction of sp³-hybridized carbons (Fsp3) is 0.889. The van der Waals surface area contributed by atoms with E-state index in [9.17, 15) is 4.79 Å². The van der Waals surface area contributed by atoms with Gasteiger partial charge >= 0.3 is 0 Å². The predicted molar refractivity (Wildman–Crippen MR) is 54.5 cm³/mol. The van der Waals surface area contributed by atoms with Gasteiger partial charge in [0.2, 0.25) is 5.91 Å². The van der Waals surface area contributed by atoms with Crippen molar-refractivity contribution in [3.63, 3.8) is 0 Å². The van der Waals surface area contributed by atoms with Crippen molar-refractivity contribution in [2.45, 2.75) is 38.2 Å². The lowest BCUT2D eigenvalue weighted by Gasteiger charge is -2.04. The molecule has 1 atom stereocenters. The molecule has 3 nitrogen and oxygen atoms in total. The van der Waals surface area contributed by atoms with Gasteiger partial charge in [0.1, 0.15) is 0 Å². The van der Waals surface area contributed by atoms with Gasteiger partial charge in [0.25, 0.3) is 0 Å². The smallest absolute Gasteiger partial charge is 0.229 e. The van der Waals surface area contributed by atoms with E-state index in [1.165, 1.54) is 11.9 Å². The van der Waals surface area contributed by atoms with Gasteiger partial charge in [0.05, 0.1) is 12.2 Å². The van der Waals surface area contributed by atoms with Gasteiger partial charge in [-0.1, -0.05) is 11.9 Å². The molecule has 0 aliphatic carbocycles. The predicted octanol–water partition coefficient (Wildman–Crippen LogP) is 1.73. The normalized spacial score (nSPS) is 25.7. The number of carbonyl (C=O) groups is 1. The Morgan fingerprint density at radius 2 is 2.31 bits per heavy atom. The van der Waals surface area contributed by atoms with Gasteiger partial charge < -0.3 is 9.46 Å². The molecule has 0 saturated carbocycles. The number of rotatable bonds is 6. The minimum atomic E-state index is 0.134. The van der Waals surface area contributed by atoms with E-state index in [1.807, 2.05) is 6.26 Å². The molecule has 76 valence electrons. The molecule has 0 spiro atoms. The Labute approximate surface area is 83.7 Å². The molecule has 1 amide bonds. The van der Waals surface area contributed by atoms with Crippen LogP contribution in [0.2, 0.25) is 0 Å². The van der Waals surface area contributed by atoms with Crippen molar-refractivity contribution in [3.05, 3.63) is 0 Å². The summed E-state index contributed by atoms with van der Waals surface area (Å²) in [5, 5.41) is 0. The molecule has 1 aliphatic rings. The topological polar surface area (TPSA) is 41.6 Å². The molecule has 1 aliphatic heterocycles. The molecule has 0 aromatic rings. The van der Waals surface area contributed by atoms with Crippen molar-refractivity contribution in [2.24, 2.45) is 0 Å². The third kappa shape index (κ3) is 4.52. The lowest BCUT2D eigenvalue weighted by molar-refractivity contribution is -0.119. The number of carbonyl (C=O) groups excluding carboxylic acids is 1. The standard InChI is InChI=1S/C9H17NO2S/c1-9(7-12-9)6-4-3-5-8(11)10-13-2/h3-7H2,1-2H3,(H,10,11)/t9-/m1/s1. The summed E-state index contributed by atoms with van der Waals surface area (Å²) < 4.78 is 7.95. The van der Waals surface area contributed by atoms with Crippen LogP contribution in [0, 0.1) is 0 Å². The molecular weight excluding hydrogens is 186 g/mol. The zero-order chi connectivity index (χ0) is 9.73. The molecule has 0 bridgehead atoms.